The molecule has 0 spiro atoms. The minimum Gasteiger partial charge on any atom is -0.454 e. The largest absolute Gasteiger partial charge is 0.454 e. The first-order chi connectivity index (χ1) is 17.4. The summed E-state index contributed by atoms with van der Waals surface area (Å²) in [6, 6.07) is 19.7. The van der Waals surface area contributed by atoms with Crippen LogP contribution in [0.3, 0.4) is 0 Å². The fourth-order valence-electron chi connectivity index (χ4n) is 3.79. The summed E-state index contributed by atoms with van der Waals surface area (Å²) in [5, 5.41) is 29.7. The van der Waals surface area contributed by atoms with E-state index in [1.54, 1.807) is 36.4 Å². The fraction of sp³-hybridized carbons (Fsp3) is 0.160. The van der Waals surface area contributed by atoms with E-state index in [2.05, 4.69) is 21.3 Å². The van der Waals surface area contributed by atoms with Crippen molar-refractivity contribution in [1.82, 2.24) is 16.0 Å². The van der Waals surface area contributed by atoms with Gasteiger partial charge in [0.15, 0.2) is 23.1 Å². The van der Waals surface area contributed by atoms with Crippen LogP contribution >= 0.6 is 0 Å². The highest BCUT2D eigenvalue weighted by Crippen LogP contribution is 2.34. The van der Waals surface area contributed by atoms with Crippen LogP contribution in [0.15, 0.2) is 60.7 Å². The second kappa shape index (κ2) is 10.3. The average Bonchev–Trinajstić information content (AvgIpc) is 3.37. The number of carbonyl (C=O) groups excluding carboxylic acids is 3. The smallest absolute Gasteiger partial charge is 0.322 e. The molecule has 3 aromatic rings. The minimum atomic E-state index is -1.87. The van der Waals surface area contributed by atoms with Crippen LogP contribution in [0.2, 0.25) is 0 Å². The number of urea groups is 1. The van der Waals surface area contributed by atoms with E-state index in [1.807, 2.05) is 30.3 Å². The van der Waals surface area contributed by atoms with Crippen LogP contribution in [0.1, 0.15) is 5.56 Å². The van der Waals surface area contributed by atoms with Crippen LogP contribution in [0.5, 0.6) is 11.5 Å². The van der Waals surface area contributed by atoms with Gasteiger partial charge >= 0.3 is 11.9 Å². The second-order valence-corrected chi connectivity index (χ2v) is 7.75. The standard InChI is InChI=1S/C25H20N6O5/c26-9-10-28-23(33)25(14-29-22(32)13-27,18-6-5-16-3-1-2-4-17(16)11-18)31-24(34)30-19-7-8-20-21(12-19)36-15-35-20/h1-8,11-12H,10,14-15H2,(H,28,33)(H,29,32)(H2,30,31,34). The summed E-state index contributed by atoms with van der Waals surface area (Å²) in [6.07, 6.45) is 0. The van der Waals surface area contributed by atoms with Crippen molar-refractivity contribution >= 4 is 34.3 Å². The third kappa shape index (κ3) is 4.95. The van der Waals surface area contributed by atoms with Crippen molar-refractivity contribution in [2.24, 2.45) is 0 Å². The van der Waals surface area contributed by atoms with Crippen molar-refractivity contribution in [2.75, 3.05) is 25.2 Å². The lowest BCUT2D eigenvalue weighted by atomic mass is 9.87. The number of carbonyl (C=O) groups is 3. The highest BCUT2D eigenvalue weighted by Gasteiger charge is 2.42. The Kier molecular flexibility index (Phi) is 6.84. The molecule has 1 aliphatic heterocycles. The molecule has 1 heterocycles. The van der Waals surface area contributed by atoms with Gasteiger partial charge in [0.25, 0.3) is 5.91 Å². The zero-order chi connectivity index (χ0) is 25.5. The number of amides is 4. The van der Waals surface area contributed by atoms with Gasteiger partial charge in [0.1, 0.15) is 6.54 Å². The molecule has 0 aliphatic carbocycles. The lowest BCUT2D eigenvalue weighted by Crippen LogP contribution is -2.62. The van der Waals surface area contributed by atoms with E-state index in [-0.39, 0.29) is 13.3 Å². The van der Waals surface area contributed by atoms with Gasteiger partial charge in [0, 0.05) is 11.8 Å². The number of fused-ring (bicyclic) bond motifs is 2. The molecule has 1 unspecified atom stereocenters. The van der Waals surface area contributed by atoms with E-state index in [9.17, 15) is 14.4 Å². The molecule has 1 aliphatic rings. The molecule has 0 bridgehead atoms. The summed E-state index contributed by atoms with van der Waals surface area (Å²) in [7, 11) is 0. The van der Waals surface area contributed by atoms with E-state index < -0.39 is 29.9 Å². The topological polar surface area (TPSA) is 165 Å². The lowest BCUT2D eigenvalue weighted by molar-refractivity contribution is -0.127. The molecular formula is C25H20N6O5. The maximum atomic E-state index is 13.4. The number of nitrogens with one attached hydrogen (secondary N) is 4. The zero-order valence-electron chi connectivity index (χ0n) is 18.8. The van der Waals surface area contributed by atoms with Crippen molar-refractivity contribution in [3.8, 4) is 23.6 Å². The predicted molar refractivity (Wildman–Crippen MR) is 128 cm³/mol. The Morgan fingerprint density at radius 1 is 0.917 bits per heavy atom. The monoisotopic (exact) mass is 484 g/mol. The molecule has 0 saturated carbocycles. The minimum absolute atomic E-state index is 0.0632. The summed E-state index contributed by atoms with van der Waals surface area (Å²) >= 11 is 0. The molecule has 0 aromatic heterocycles. The number of nitriles is 2. The van der Waals surface area contributed by atoms with E-state index in [0.717, 1.165) is 10.8 Å². The van der Waals surface area contributed by atoms with Crippen molar-refractivity contribution in [3.63, 3.8) is 0 Å². The van der Waals surface area contributed by atoms with Gasteiger partial charge in [0.2, 0.25) is 6.79 Å². The molecule has 11 nitrogen and oxygen atoms in total. The Bertz CT molecular complexity index is 1430. The number of nitrogens with zero attached hydrogens (tertiary/aromatic N) is 2. The van der Waals surface area contributed by atoms with Crippen molar-refractivity contribution in [2.45, 2.75) is 5.54 Å². The summed E-state index contributed by atoms with van der Waals surface area (Å²) in [5.74, 6) is -0.771. The SMILES string of the molecule is N#CCNC(=O)C(CNC(=O)C#N)(NC(=O)Nc1ccc2c(c1)OCO2)c1ccc2ccccc2c1. The molecule has 4 N–H and O–H groups in total. The number of hydrogen-bond acceptors (Lipinski definition) is 7. The number of anilines is 1. The third-order valence-electron chi connectivity index (χ3n) is 5.53. The summed E-state index contributed by atoms with van der Waals surface area (Å²) in [4.78, 5) is 38.4. The Morgan fingerprint density at radius 2 is 1.69 bits per heavy atom. The Balaban J connectivity index is 1.72. The quantitative estimate of drug-likeness (QED) is 0.293. The lowest BCUT2D eigenvalue weighted by Gasteiger charge is -2.34. The van der Waals surface area contributed by atoms with Crippen LogP contribution < -0.4 is 30.7 Å². The van der Waals surface area contributed by atoms with Crippen LogP contribution in [0.25, 0.3) is 10.8 Å². The molecule has 0 fully saturated rings. The first-order valence-electron chi connectivity index (χ1n) is 10.8. The summed E-state index contributed by atoms with van der Waals surface area (Å²) < 4.78 is 10.6. The van der Waals surface area contributed by atoms with Gasteiger partial charge in [-0.2, -0.15) is 10.5 Å². The van der Waals surface area contributed by atoms with E-state index in [4.69, 9.17) is 20.0 Å². The van der Waals surface area contributed by atoms with Crippen LogP contribution in [-0.2, 0) is 15.1 Å². The highest BCUT2D eigenvalue weighted by molar-refractivity contribution is 5.99. The van der Waals surface area contributed by atoms with Crippen molar-refractivity contribution in [1.29, 1.82) is 10.5 Å². The first kappa shape index (κ1) is 23.9. The Labute approximate surface area is 205 Å². The number of rotatable bonds is 7. The maximum Gasteiger partial charge on any atom is 0.322 e. The molecule has 36 heavy (non-hydrogen) atoms. The molecule has 0 radical (unpaired) electrons. The Morgan fingerprint density at radius 3 is 2.47 bits per heavy atom. The zero-order valence-corrected chi connectivity index (χ0v) is 18.8. The van der Waals surface area contributed by atoms with Gasteiger partial charge in [-0.05, 0) is 34.5 Å². The molecular weight excluding hydrogens is 464 g/mol. The Hall–Kier alpha value is -5.29. The maximum absolute atomic E-state index is 13.4. The molecule has 0 saturated heterocycles. The molecule has 11 heteroatoms. The summed E-state index contributed by atoms with van der Waals surface area (Å²) in [5.41, 5.74) is -1.17. The van der Waals surface area contributed by atoms with Crippen molar-refractivity contribution < 1.29 is 23.9 Å². The van der Waals surface area contributed by atoms with Crippen molar-refractivity contribution in [3.05, 3.63) is 66.2 Å². The van der Waals surface area contributed by atoms with Gasteiger partial charge in [0.05, 0.1) is 12.6 Å². The van der Waals surface area contributed by atoms with Gasteiger partial charge in [-0.3, -0.25) is 9.59 Å². The van der Waals surface area contributed by atoms with Gasteiger partial charge in [-0.25, -0.2) is 4.79 Å². The van der Waals surface area contributed by atoms with E-state index >= 15 is 0 Å². The second-order valence-electron chi connectivity index (χ2n) is 7.75. The van der Waals surface area contributed by atoms with Gasteiger partial charge < -0.3 is 30.7 Å². The van der Waals surface area contributed by atoms with Crippen LogP contribution in [0.4, 0.5) is 10.5 Å². The number of benzene rings is 3. The third-order valence-corrected chi connectivity index (χ3v) is 5.53. The predicted octanol–water partition coefficient (Wildman–Crippen LogP) is 1.87. The number of ether oxygens (including phenoxy) is 2. The van der Waals surface area contributed by atoms with Gasteiger partial charge in [-0.15, -0.1) is 0 Å². The molecule has 3 aromatic carbocycles. The molecule has 4 rings (SSSR count). The van der Waals surface area contributed by atoms with E-state index in [1.165, 1.54) is 6.07 Å². The molecule has 1 atom stereocenters. The number of hydrogen-bond donors (Lipinski definition) is 4. The summed E-state index contributed by atoms with van der Waals surface area (Å²) in [6.45, 7) is -0.733. The first-order valence-corrected chi connectivity index (χ1v) is 10.8. The van der Waals surface area contributed by atoms with Crippen LogP contribution in [0, 0.1) is 22.7 Å². The molecule has 4 amide bonds. The highest BCUT2D eigenvalue weighted by atomic mass is 16.7. The van der Waals surface area contributed by atoms with E-state index in [0.29, 0.717) is 22.7 Å². The average molecular weight is 484 g/mol. The van der Waals surface area contributed by atoms with Crippen LogP contribution in [-0.4, -0.2) is 37.7 Å². The fourth-order valence-corrected chi connectivity index (χ4v) is 3.79. The molecule has 180 valence electrons. The normalized spacial score (nSPS) is 12.9. The van der Waals surface area contributed by atoms with Gasteiger partial charge in [-0.1, -0.05) is 36.4 Å².